The molecular weight excluding hydrogens is 250 g/mol. The summed E-state index contributed by atoms with van der Waals surface area (Å²) >= 11 is 0. The predicted octanol–water partition coefficient (Wildman–Crippen LogP) is 3.31. The van der Waals surface area contributed by atoms with Gasteiger partial charge in [-0.3, -0.25) is 0 Å². The second-order valence-corrected chi connectivity index (χ2v) is 5.52. The first-order chi connectivity index (χ1) is 9.81. The van der Waals surface area contributed by atoms with E-state index in [2.05, 4.69) is 49.5 Å². The predicted molar refractivity (Wildman–Crippen MR) is 81.9 cm³/mol. The van der Waals surface area contributed by atoms with Gasteiger partial charge in [0.05, 0.1) is 24.9 Å². The molecule has 1 saturated heterocycles. The molecule has 112 valence electrons. The Morgan fingerprint density at radius 3 is 2.80 bits per heavy atom. The van der Waals surface area contributed by atoms with Gasteiger partial charge in [0.1, 0.15) is 0 Å². The van der Waals surface area contributed by atoms with Gasteiger partial charge >= 0.3 is 0 Å². The van der Waals surface area contributed by atoms with E-state index in [1.54, 1.807) is 0 Å². The highest BCUT2D eigenvalue weighted by Crippen LogP contribution is 2.21. The van der Waals surface area contributed by atoms with Crippen molar-refractivity contribution in [3.63, 3.8) is 0 Å². The normalized spacial score (nSPS) is 21.8. The fraction of sp³-hybridized carbons (Fsp3) is 0.647. The molecule has 3 nitrogen and oxygen atoms in total. The zero-order chi connectivity index (χ0) is 14.2. The van der Waals surface area contributed by atoms with E-state index in [0.29, 0.717) is 12.7 Å². The Bertz CT molecular complexity index is 363. The van der Waals surface area contributed by atoms with Crippen LogP contribution < -0.4 is 5.32 Å². The molecule has 3 atom stereocenters. The van der Waals surface area contributed by atoms with Gasteiger partial charge in [-0.1, -0.05) is 37.3 Å². The summed E-state index contributed by atoms with van der Waals surface area (Å²) in [5, 5.41) is 3.60. The molecule has 1 N–H and O–H groups in total. The molecule has 1 aromatic rings. The third kappa shape index (κ3) is 4.58. The number of nitrogens with one attached hydrogen (secondary N) is 1. The molecule has 1 aromatic carbocycles. The van der Waals surface area contributed by atoms with Gasteiger partial charge in [0.25, 0.3) is 0 Å². The molecule has 0 saturated carbocycles. The minimum absolute atomic E-state index is 0.146. The van der Waals surface area contributed by atoms with Crippen LogP contribution in [0.4, 0.5) is 0 Å². The molecule has 1 heterocycles. The van der Waals surface area contributed by atoms with Crippen LogP contribution in [0.1, 0.15) is 44.7 Å². The topological polar surface area (TPSA) is 30.5 Å². The van der Waals surface area contributed by atoms with E-state index in [4.69, 9.17) is 9.47 Å². The van der Waals surface area contributed by atoms with Crippen LogP contribution in [0, 0.1) is 0 Å². The van der Waals surface area contributed by atoms with Gasteiger partial charge in [0.2, 0.25) is 0 Å². The molecule has 1 aliphatic heterocycles. The Hall–Kier alpha value is -0.900. The van der Waals surface area contributed by atoms with E-state index in [-0.39, 0.29) is 12.1 Å². The van der Waals surface area contributed by atoms with Crippen LogP contribution in [0.3, 0.4) is 0 Å². The summed E-state index contributed by atoms with van der Waals surface area (Å²) in [6.07, 6.45) is 3.86. The van der Waals surface area contributed by atoms with E-state index in [1.165, 1.54) is 12.0 Å². The van der Waals surface area contributed by atoms with Crippen LogP contribution in [0.15, 0.2) is 30.3 Å². The molecule has 0 bridgehead atoms. The quantitative estimate of drug-likeness (QED) is 0.791. The van der Waals surface area contributed by atoms with E-state index >= 15 is 0 Å². The molecular formula is C17H27NO2. The van der Waals surface area contributed by atoms with Crippen molar-refractivity contribution < 1.29 is 9.47 Å². The summed E-state index contributed by atoms with van der Waals surface area (Å²) in [5.41, 5.74) is 1.29. The van der Waals surface area contributed by atoms with Crippen LogP contribution in [-0.2, 0) is 9.47 Å². The van der Waals surface area contributed by atoms with Crippen molar-refractivity contribution in [1.29, 1.82) is 0 Å². The maximum atomic E-state index is 6.05. The third-order valence-electron chi connectivity index (χ3n) is 3.81. The standard InChI is InChI=1S/C17H27NO2/c1-3-11-18-17(15-8-5-4-6-9-15)14(2)20-13-16-10-7-12-19-16/h4-6,8-9,14,16-18H,3,7,10-13H2,1-2H3. The van der Waals surface area contributed by atoms with Gasteiger partial charge in [-0.2, -0.15) is 0 Å². The van der Waals surface area contributed by atoms with Crippen LogP contribution in [-0.4, -0.2) is 32.0 Å². The maximum Gasteiger partial charge on any atom is 0.0809 e. The average Bonchev–Trinajstić information content (AvgIpc) is 3.00. The summed E-state index contributed by atoms with van der Waals surface area (Å²) in [6, 6.07) is 10.8. The molecule has 0 aliphatic carbocycles. The molecule has 3 heteroatoms. The Kier molecular flexibility index (Phi) is 6.51. The van der Waals surface area contributed by atoms with Crippen LogP contribution in [0.25, 0.3) is 0 Å². The number of hydrogen-bond acceptors (Lipinski definition) is 3. The lowest BCUT2D eigenvalue weighted by molar-refractivity contribution is -0.0269. The monoisotopic (exact) mass is 277 g/mol. The first-order valence-electron chi connectivity index (χ1n) is 7.82. The van der Waals surface area contributed by atoms with Gasteiger partial charge < -0.3 is 14.8 Å². The number of rotatable bonds is 8. The largest absolute Gasteiger partial charge is 0.376 e. The molecule has 0 spiro atoms. The van der Waals surface area contributed by atoms with Crippen molar-refractivity contribution in [2.75, 3.05) is 19.8 Å². The van der Waals surface area contributed by atoms with Crippen LogP contribution in [0.5, 0.6) is 0 Å². The molecule has 3 unspecified atom stereocenters. The van der Waals surface area contributed by atoms with Crippen molar-refractivity contribution >= 4 is 0 Å². The van der Waals surface area contributed by atoms with E-state index in [9.17, 15) is 0 Å². The second-order valence-electron chi connectivity index (χ2n) is 5.52. The molecule has 2 rings (SSSR count). The van der Waals surface area contributed by atoms with Crippen molar-refractivity contribution in [3.8, 4) is 0 Å². The smallest absolute Gasteiger partial charge is 0.0809 e. The second kappa shape index (κ2) is 8.40. The lowest BCUT2D eigenvalue weighted by Crippen LogP contribution is -2.34. The highest BCUT2D eigenvalue weighted by molar-refractivity contribution is 5.20. The van der Waals surface area contributed by atoms with Gasteiger partial charge in [-0.05, 0) is 38.3 Å². The van der Waals surface area contributed by atoms with Crippen molar-refractivity contribution in [3.05, 3.63) is 35.9 Å². The first-order valence-corrected chi connectivity index (χ1v) is 7.82. The summed E-state index contributed by atoms with van der Waals surface area (Å²) in [5.74, 6) is 0. The lowest BCUT2D eigenvalue weighted by Gasteiger charge is -2.27. The molecule has 0 radical (unpaired) electrons. The Labute approximate surface area is 122 Å². The zero-order valence-electron chi connectivity index (χ0n) is 12.7. The van der Waals surface area contributed by atoms with E-state index in [1.807, 2.05) is 0 Å². The number of benzene rings is 1. The average molecular weight is 277 g/mol. The SMILES string of the molecule is CCCNC(c1ccccc1)C(C)OCC1CCCO1. The van der Waals surface area contributed by atoms with Crippen LogP contribution in [0.2, 0.25) is 0 Å². The van der Waals surface area contributed by atoms with Crippen molar-refractivity contribution in [2.24, 2.45) is 0 Å². The van der Waals surface area contributed by atoms with Crippen molar-refractivity contribution in [2.45, 2.75) is 51.4 Å². The number of hydrogen-bond donors (Lipinski definition) is 1. The third-order valence-corrected chi connectivity index (χ3v) is 3.81. The van der Waals surface area contributed by atoms with E-state index < -0.39 is 0 Å². The fourth-order valence-electron chi connectivity index (χ4n) is 2.65. The summed E-state index contributed by atoms with van der Waals surface area (Å²) in [7, 11) is 0. The fourth-order valence-corrected chi connectivity index (χ4v) is 2.65. The van der Waals surface area contributed by atoms with E-state index in [0.717, 1.165) is 26.0 Å². The highest BCUT2D eigenvalue weighted by atomic mass is 16.5. The van der Waals surface area contributed by atoms with Gasteiger partial charge in [-0.15, -0.1) is 0 Å². The molecule has 0 aromatic heterocycles. The molecule has 20 heavy (non-hydrogen) atoms. The number of ether oxygens (including phenoxy) is 2. The lowest BCUT2D eigenvalue weighted by atomic mass is 10.0. The van der Waals surface area contributed by atoms with Crippen molar-refractivity contribution in [1.82, 2.24) is 5.32 Å². The molecule has 1 fully saturated rings. The van der Waals surface area contributed by atoms with Gasteiger partial charge in [-0.25, -0.2) is 0 Å². The highest BCUT2D eigenvalue weighted by Gasteiger charge is 2.22. The van der Waals surface area contributed by atoms with Crippen LogP contribution >= 0.6 is 0 Å². The Balaban J connectivity index is 1.90. The Morgan fingerprint density at radius 2 is 2.15 bits per heavy atom. The summed E-state index contributed by atoms with van der Waals surface area (Å²) in [4.78, 5) is 0. The summed E-state index contributed by atoms with van der Waals surface area (Å²) < 4.78 is 11.7. The molecule has 1 aliphatic rings. The van der Waals surface area contributed by atoms with Gasteiger partial charge in [0.15, 0.2) is 0 Å². The molecule has 0 amide bonds. The Morgan fingerprint density at radius 1 is 1.35 bits per heavy atom. The first kappa shape index (κ1) is 15.5. The minimum atomic E-state index is 0.146. The minimum Gasteiger partial charge on any atom is -0.376 e. The zero-order valence-corrected chi connectivity index (χ0v) is 12.7. The maximum absolute atomic E-state index is 6.05. The van der Waals surface area contributed by atoms with Gasteiger partial charge in [0, 0.05) is 6.61 Å². The summed E-state index contributed by atoms with van der Waals surface area (Å²) in [6.45, 7) is 6.94.